The maximum absolute atomic E-state index is 4.03. The van der Waals surface area contributed by atoms with Crippen LogP contribution in [0.4, 0.5) is 0 Å². The molecule has 9 aromatic rings. The zero-order chi connectivity index (χ0) is 35.3. The van der Waals surface area contributed by atoms with Gasteiger partial charge in [0, 0.05) is 12.2 Å². The van der Waals surface area contributed by atoms with Gasteiger partial charge in [-0.3, -0.25) is 0 Å². The quantitative estimate of drug-likeness (QED) is 0.167. The number of fused-ring (bicyclic) bond motifs is 8. The summed E-state index contributed by atoms with van der Waals surface area (Å²) >= 11 is 0. The van der Waals surface area contributed by atoms with Crippen LogP contribution in [0.1, 0.15) is 23.6 Å². The molecule has 0 fully saturated rings. The van der Waals surface area contributed by atoms with Gasteiger partial charge < -0.3 is 5.32 Å². The highest BCUT2D eigenvalue weighted by molar-refractivity contribution is 6.31. The molecule has 0 atom stereocenters. The Morgan fingerprint density at radius 2 is 0.962 bits per heavy atom. The normalized spacial score (nSPS) is 11.0. The second-order valence-electron chi connectivity index (χ2n) is 13.3. The average molecular weight is 668 g/mol. The molecule has 0 unspecified atom stereocenters. The van der Waals surface area contributed by atoms with Gasteiger partial charge in [0.25, 0.3) is 0 Å². The van der Waals surface area contributed by atoms with E-state index >= 15 is 0 Å². The summed E-state index contributed by atoms with van der Waals surface area (Å²) in [5.41, 5.74) is 9.77. The lowest BCUT2D eigenvalue weighted by Gasteiger charge is -2.14. The van der Waals surface area contributed by atoms with E-state index in [0.717, 1.165) is 24.2 Å². The van der Waals surface area contributed by atoms with Crippen LogP contribution in [-0.4, -0.2) is 0 Å². The summed E-state index contributed by atoms with van der Waals surface area (Å²) in [6, 6.07) is 67.4. The van der Waals surface area contributed by atoms with E-state index in [4.69, 9.17) is 0 Å². The van der Waals surface area contributed by atoms with E-state index in [1.165, 1.54) is 76.5 Å². The van der Waals surface area contributed by atoms with Crippen molar-refractivity contribution in [1.29, 1.82) is 0 Å². The van der Waals surface area contributed by atoms with Gasteiger partial charge in [0.15, 0.2) is 0 Å². The molecule has 0 aliphatic heterocycles. The molecule has 9 rings (SSSR count). The molecule has 0 amide bonds. The lowest BCUT2D eigenvalue weighted by atomic mass is 9.89. The van der Waals surface area contributed by atoms with Gasteiger partial charge in [-0.15, -0.1) is 0 Å². The maximum Gasteiger partial charge on any atom is 0.0400 e. The highest BCUT2D eigenvalue weighted by atomic mass is 14.9. The number of nitrogens with one attached hydrogen (secondary N) is 1. The zero-order valence-electron chi connectivity index (χ0n) is 29.5. The van der Waals surface area contributed by atoms with Crippen molar-refractivity contribution < 1.29 is 0 Å². The van der Waals surface area contributed by atoms with Crippen LogP contribution in [0.3, 0.4) is 0 Å². The summed E-state index contributed by atoms with van der Waals surface area (Å²) in [5, 5.41) is 13.8. The molecule has 250 valence electrons. The lowest BCUT2D eigenvalue weighted by molar-refractivity contribution is 0.892. The number of hydrogen-bond donors (Lipinski definition) is 1. The molecule has 0 bridgehead atoms. The van der Waals surface area contributed by atoms with Crippen molar-refractivity contribution in [2.45, 2.75) is 19.9 Å². The maximum atomic E-state index is 4.03. The Bertz CT molecular complexity index is 2650. The monoisotopic (exact) mass is 667 g/mol. The molecular weight excluding hydrogens is 627 g/mol. The smallest absolute Gasteiger partial charge is 0.0400 e. The Balaban J connectivity index is 0.000000203. The molecule has 1 nitrogen and oxygen atoms in total. The van der Waals surface area contributed by atoms with Crippen molar-refractivity contribution in [3.8, 4) is 22.3 Å². The Morgan fingerprint density at radius 3 is 1.71 bits per heavy atom. The Kier molecular flexibility index (Phi) is 9.33. The van der Waals surface area contributed by atoms with Crippen molar-refractivity contribution in [3.63, 3.8) is 0 Å². The number of hydrogen-bond acceptors (Lipinski definition) is 1. The van der Waals surface area contributed by atoms with E-state index in [9.17, 15) is 0 Å². The molecule has 0 radical (unpaired) electrons. The van der Waals surface area contributed by atoms with Crippen LogP contribution in [0.15, 0.2) is 195 Å². The summed E-state index contributed by atoms with van der Waals surface area (Å²) in [4.78, 5) is 0. The van der Waals surface area contributed by atoms with Crippen molar-refractivity contribution >= 4 is 48.8 Å². The summed E-state index contributed by atoms with van der Waals surface area (Å²) in [5.74, 6) is 0. The number of rotatable bonds is 7. The minimum absolute atomic E-state index is 0.814. The molecule has 0 aromatic heterocycles. The van der Waals surface area contributed by atoms with E-state index in [-0.39, 0.29) is 0 Å². The Labute approximate surface area is 306 Å². The van der Waals surface area contributed by atoms with E-state index in [0.29, 0.717) is 0 Å². The molecular formula is C51H41N. The molecule has 9 aromatic carbocycles. The molecule has 1 heteroatoms. The van der Waals surface area contributed by atoms with Gasteiger partial charge in [0.1, 0.15) is 0 Å². The standard InChI is InChI=1S/C36H26.C15H15N/c1-2-24-9-7-11-26(21-24)27-12-8-13-28(22-27)29-18-19-32-34-20-17-25-10-3-4-14-30(25)36(34)33-16-6-5-15-31(33)35(32)23-29;1-13(15-10-6-3-7-11-15)16-12-14-8-4-2-5-9-14/h3-23H,2H2,1H3;2-11,16H,1,12H2. The fraction of sp³-hybridized carbons (Fsp3) is 0.0588. The fourth-order valence-electron chi connectivity index (χ4n) is 7.30. The predicted octanol–water partition coefficient (Wildman–Crippen LogP) is 13.6. The van der Waals surface area contributed by atoms with E-state index in [2.05, 4.69) is 170 Å². The average Bonchev–Trinajstić information content (AvgIpc) is 3.23. The third kappa shape index (κ3) is 6.70. The molecule has 0 spiro atoms. The van der Waals surface area contributed by atoms with Crippen molar-refractivity contribution in [3.05, 3.63) is 211 Å². The fourth-order valence-corrected chi connectivity index (χ4v) is 7.30. The van der Waals surface area contributed by atoms with Crippen molar-refractivity contribution in [1.82, 2.24) is 5.32 Å². The van der Waals surface area contributed by atoms with E-state index in [1.54, 1.807) is 0 Å². The zero-order valence-corrected chi connectivity index (χ0v) is 29.5. The summed E-state index contributed by atoms with van der Waals surface area (Å²) in [6.07, 6.45) is 1.05. The van der Waals surface area contributed by atoms with Crippen molar-refractivity contribution in [2.24, 2.45) is 0 Å². The third-order valence-corrected chi connectivity index (χ3v) is 10.1. The highest BCUT2D eigenvalue weighted by Crippen LogP contribution is 2.40. The molecule has 0 saturated heterocycles. The topological polar surface area (TPSA) is 12.0 Å². The van der Waals surface area contributed by atoms with Gasteiger partial charge in [-0.2, -0.15) is 0 Å². The first-order valence-electron chi connectivity index (χ1n) is 18.1. The van der Waals surface area contributed by atoms with Crippen LogP contribution in [0.5, 0.6) is 0 Å². The molecule has 1 N–H and O–H groups in total. The largest absolute Gasteiger partial charge is 0.381 e. The summed E-state index contributed by atoms with van der Waals surface area (Å²) < 4.78 is 0. The molecule has 52 heavy (non-hydrogen) atoms. The first-order valence-corrected chi connectivity index (χ1v) is 18.1. The lowest BCUT2D eigenvalue weighted by Crippen LogP contribution is -2.10. The highest BCUT2D eigenvalue weighted by Gasteiger charge is 2.12. The Hall–Kier alpha value is -6.44. The van der Waals surface area contributed by atoms with Crippen LogP contribution in [0.25, 0.3) is 71.0 Å². The van der Waals surface area contributed by atoms with Gasteiger partial charge in [-0.1, -0.05) is 189 Å². The van der Waals surface area contributed by atoms with Crippen molar-refractivity contribution in [2.75, 3.05) is 0 Å². The van der Waals surface area contributed by atoms with Crippen LogP contribution in [0, 0.1) is 0 Å². The van der Waals surface area contributed by atoms with Gasteiger partial charge in [-0.05, 0) is 101 Å². The van der Waals surface area contributed by atoms with Gasteiger partial charge in [-0.25, -0.2) is 0 Å². The third-order valence-electron chi connectivity index (χ3n) is 10.1. The van der Waals surface area contributed by atoms with Crippen LogP contribution in [0.2, 0.25) is 0 Å². The van der Waals surface area contributed by atoms with E-state index in [1.807, 2.05) is 36.4 Å². The first-order chi connectivity index (χ1) is 25.7. The van der Waals surface area contributed by atoms with Crippen LogP contribution in [-0.2, 0) is 13.0 Å². The van der Waals surface area contributed by atoms with E-state index < -0.39 is 0 Å². The van der Waals surface area contributed by atoms with Gasteiger partial charge >= 0.3 is 0 Å². The Morgan fingerprint density at radius 1 is 0.423 bits per heavy atom. The summed E-state index contributed by atoms with van der Waals surface area (Å²) in [6.45, 7) is 7.05. The number of aryl methyl sites for hydroxylation is 1. The molecule has 0 aliphatic rings. The summed E-state index contributed by atoms with van der Waals surface area (Å²) in [7, 11) is 0. The number of benzene rings is 9. The predicted molar refractivity (Wildman–Crippen MR) is 225 cm³/mol. The van der Waals surface area contributed by atoms with Crippen LogP contribution < -0.4 is 5.32 Å². The SMILES string of the molecule is C=C(NCc1ccccc1)c1ccccc1.CCc1cccc(-c2cccc(-c3ccc4c(c3)c3ccccc3c3c5ccccc5ccc43)c2)c1. The van der Waals surface area contributed by atoms with Crippen LogP contribution >= 0.6 is 0 Å². The molecule has 0 heterocycles. The molecule has 0 saturated carbocycles. The first kappa shape index (κ1) is 32.7. The van der Waals surface area contributed by atoms with Gasteiger partial charge in [0.05, 0.1) is 0 Å². The van der Waals surface area contributed by atoms with Gasteiger partial charge in [0.2, 0.25) is 0 Å². The second-order valence-corrected chi connectivity index (χ2v) is 13.3. The molecule has 0 aliphatic carbocycles. The minimum Gasteiger partial charge on any atom is -0.381 e. The second kappa shape index (κ2) is 14.8. The minimum atomic E-state index is 0.814.